The number of nitrogens with zero attached hydrogens (tertiary/aromatic N) is 3. The van der Waals surface area contributed by atoms with Crippen molar-refractivity contribution in [3.63, 3.8) is 0 Å². The van der Waals surface area contributed by atoms with Gasteiger partial charge in [-0.3, -0.25) is 9.69 Å². The summed E-state index contributed by atoms with van der Waals surface area (Å²) in [5.41, 5.74) is 3.10. The molecule has 0 spiro atoms. The summed E-state index contributed by atoms with van der Waals surface area (Å²) in [5, 5.41) is 3.36. The quantitative estimate of drug-likeness (QED) is 0.401. The molecule has 8 heteroatoms. The van der Waals surface area contributed by atoms with Gasteiger partial charge in [-0.1, -0.05) is 53.2 Å². The van der Waals surface area contributed by atoms with Crippen LogP contribution in [0.2, 0.25) is 0 Å². The molecule has 0 bridgehead atoms. The fourth-order valence-corrected chi connectivity index (χ4v) is 3.00. The number of alkyl halides is 3. The molecule has 5 nitrogen and oxygen atoms in total. The largest absolute Gasteiger partial charge is 0.471 e. The Morgan fingerprint density at radius 2 is 1.48 bits per heavy atom. The second kappa shape index (κ2) is 8.06. The van der Waals surface area contributed by atoms with Gasteiger partial charge in [0.15, 0.2) is 0 Å². The summed E-state index contributed by atoms with van der Waals surface area (Å²) in [4.78, 5) is 18.3. The molecule has 31 heavy (non-hydrogen) atoms. The Morgan fingerprint density at radius 1 is 0.871 bits per heavy atom. The maximum Gasteiger partial charge on any atom is 0.471 e. The first-order valence-corrected chi connectivity index (χ1v) is 9.30. The van der Waals surface area contributed by atoms with E-state index < -0.39 is 12.1 Å². The highest BCUT2D eigenvalue weighted by molar-refractivity contribution is 6.11. The molecule has 0 unspecified atom stereocenters. The monoisotopic (exact) mass is 423 g/mol. The molecule has 0 saturated heterocycles. The highest BCUT2D eigenvalue weighted by Crippen LogP contribution is 2.30. The van der Waals surface area contributed by atoms with Crippen LogP contribution in [-0.2, 0) is 6.18 Å². The summed E-state index contributed by atoms with van der Waals surface area (Å²) in [6.45, 7) is 1.96. The number of hydrogen-bond acceptors (Lipinski definition) is 4. The van der Waals surface area contributed by atoms with Crippen molar-refractivity contribution in [2.75, 3.05) is 4.90 Å². The van der Waals surface area contributed by atoms with Crippen LogP contribution in [0.25, 0.3) is 11.4 Å². The molecular weight excluding hydrogens is 407 g/mol. The van der Waals surface area contributed by atoms with Crippen molar-refractivity contribution in [3.05, 3.63) is 95.9 Å². The zero-order chi connectivity index (χ0) is 22.0. The van der Waals surface area contributed by atoms with Crippen molar-refractivity contribution in [3.8, 4) is 11.4 Å². The number of carbonyl (C=O) groups is 1. The van der Waals surface area contributed by atoms with Crippen molar-refractivity contribution >= 4 is 17.3 Å². The zero-order valence-electron chi connectivity index (χ0n) is 16.3. The fraction of sp³-hybridized carbons (Fsp3) is 0.0870. The Balaban J connectivity index is 1.66. The minimum atomic E-state index is -4.72. The molecule has 0 aliphatic heterocycles. The number of benzene rings is 3. The fourth-order valence-electron chi connectivity index (χ4n) is 3.00. The molecule has 0 atom stereocenters. The molecule has 0 aliphatic rings. The predicted molar refractivity (Wildman–Crippen MR) is 109 cm³/mol. The lowest BCUT2D eigenvalue weighted by atomic mass is 10.1. The van der Waals surface area contributed by atoms with E-state index in [1.54, 1.807) is 4.90 Å². The Kier molecular flexibility index (Phi) is 5.29. The van der Waals surface area contributed by atoms with E-state index in [9.17, 15) is 18.0 Å². The number of rotatable bonds is 4. The summed E-state index contributed by atoms with van der Waals surface area (Å²) in [5.74, 6) is -1.91. The van der Waals surface area contributed by atoms with Gasteiger partial charge in [-0.15, -0.1) is 0 Å². The van der Waals surface area contributed by atoms with Gasteiger partial charge in [0.05, 0.1) is 0 Å². The molecule has 1 amide bonds. The second-order valence-electron chi connectivity index (χ2n) is 6.81. The molecule has 4 aromatic rings. The second-order valence-corrected chi connectivity index (χ2v) is 6.81. The Hall–Kier alpha value is -3.94. The van der Waals surface area contributed by atoms with E-state index in [1.807, 2.05) is 61.5 Å². The third-order valence-electron chi connectivity index (χ3n) is 4.57. The van der Waals surface area contributed by atoms with Crippen molar-refractivity contribution in [1.82, 2.24) is 10.1 Å². The Morgan fingerprint density at radius 3 is 2.06 bits per heavy atom. The SMILES string of the molecule is Cc1ccc(N(C(=O)c2ccc(-c3noc(C(F)(F)F)n3)cc2)c2ccccc2)cc1. The third kappa shape index (κ3) is 4.32. The highest BCUT2D eigenvalue weighted by Gasteiger charge is 2.38. The van der Waals surface area contributed by atoms with E-state index in [2.05, 4.69) is 14.7 Å². The van der Waals surface area contributed by atoms with Crippen LogP contribution >= 0.6 is 0 Å². The van der Waals surface area contributed by atoms with Crippen LogP contribution in [0.15, 0.2) is 83.4 Å². The van der Waals surface area contributed by atoms with Crippen LogP contribution in [-0.4, -0.2) is 16.0 Å². The van der Waals surface area contributed by atoms with E-state index in [0.717, 1.165) is 5.56 Å². The number of aromatic nitrogens is 2. The van der Waals surface area contributed by atoms with Crippen LogP contribution < -0.4 is 4.90 Å². The summed E-state index contributed by atoms with van der Waals surface area (Å²) in [6.07, 6.45) is -4.72. The maximum absolute atomic E-state index is 13.3. The summed E-state index contributed by atoms with van der Waals surface area (Å²) >= 11 is 0. The minimum Gasteiger partial charge on any atom is -0.329 e. The van der Waals surface area contributed by atoms with Crippen molar-refractivity contribution in [2.24, 2.45) is 0 Å². The average Bonchev–Trinajstić information content (AvgIpc) is 3.27. The molecular formula is C23H16F3N3O2. The molecule has 3 aromatic carbocycles. The predicted octanol–water partition coefficient (Wildman–Crippen LogP) is 6.04. The Bertz CT molecular complexity index is 1190. The van der Waals surface area contributed by atoms with Crippen LogP contribution in [0.4, 0.5) is 24.5 Å². The van der Waals surface area contributed by atoms with Gasteiger partial charge in [0.25, 0.3) is 5.91 Å². The number of para-hydroxylation sites is 1. The van der Waals surface area contributed by atoms with Gasteiger partial charge < -0.3 is 4.52 Å². The average molecular weight is 423 g/mol. The van der Waals surface area contributed by atoms with E-state index in [-0.39, 0.29) is 11.7 Å². The normalized spacial score (nSPS) is 11.4. The lowest BCUT2D eigenvalue weighted by molar-refractivity contribution is -0.159. The first kappa shape index (κ1) is 20.3. The summed E-state index contributed by atoms with van der Waals surface area (Å²) in [7, 11) is 0. The molecule has 1 aromatic heterocycles. The number of aryl methyl sites for hydroxylation is 1. The number of carbonyl (C=O) groups excluding carboxylic acids is 1. The van der Waals surface area contributed by atoms with Gasteiger partial charge >= 0.3 is 12.1 Å². The molecule has 0 N–H and O–H groups in total. The first-order chi connectivity index (χ1) is 14.8. The topological polar surface area (TPSA) is 59.2 Å². The van der Waals surface area contributed by atoms with Crippen molar-refractivity contribution < 1.29 is 22.5 Å². The molecule has 0 aliphatic carbocycles. The van der Waals surface area contributed by atoms with Gasteiger partial charge in [0.2, 0.25) is 5.82 Å². The lowest BCUT2D eigenvalue weighted by Gasteiger charge is -2.23. The van der Waals surface area contributed by atoms with Gasteiger partial charge in [0.1, 0.15) is 0 Å². The van der Waals surface area contributed by atoms with Crippen LogP contribution in [0.1, 0.15) is 21.8 Å². The number of anilines is 2. The van der Waals surface area contributed by atoms with E-state index in [4.69, 9.17) is 0 Å². The Labute approximate surface area is 175 Å². The van der Waals surface area contributed by atoms with Crippen LogP contribution in [0.3, 0.4) is 0 Å². The smallest absolute Gasteiger partial charge is 0.329 e. The molecule has 0 saturated carbocycles. The molecule has 1 heterocycles. The first-order valence-electron chi connectivity index (χ1n) is 9.30. The zero-order valence-corrected chi connectivity index (χ0v) is 16.3. The molecule has 0 fully saturated rings. The van der Waals surface area contributed by atoms with Crippen LogP contribution in [0, 0.1) is 6.92 Å². The van der Waals surface area contributed by atoms with E-state index in [1.165, 1.54) is 24.3 Å². The third-order valence-corrected chi connectivity index (χ3v) is 4.57. The van der Waals surface area contributed by atoms with Gasteiger partial charge in [-0.05, 0) is 43.3 Å². The van der Waals surface area contributed by atoms with E-state index >= 15 is 0 Å². The van der Waals surface area contributed by atoms with Crippen molar-refractivity contribution in [2.45, 2.75) is 13.1 Å². The number of amides is 1. The van der Waals surface area contributed by atoms with Gasteiger partial charge in [0, 0.05) is 22.5 Å². The number of halogens is 3. The molecule has 0 radical (unpaired) electrons. The van der Waals surface area contributed by atoms with Gasteiger partial charge in [-0.25, -0.2) is 0 Å². The molecule has 4 rings (SSSR count). The summed E-state index contributed by atoms with van der Waals surface area (Å²) < 4.78 is 42.3. The maximum atomic E-state index is 13.3. The standard InChI is InChI=1S/C23H16F3N3O2/c1-15-7-13-19(14-8-15)29(18-5-3-2-4-6-18)21(30)17-11-9-16(10-12-17)20-27-22(31-28-20)23(24,25)26/h2-14H,1H3. The van der Waals surface area contributed by atoms with E-state index in [0.29, 0.717) is 22.5 Å². The number of hydrogen-bond donors (Lipinski definition) is 0. The lowest BCUT2D eigenvalue weighted by Crippen LogP contribution is -2.25. The van der Waals surface area contributed by atoms with Gasteiger partial charge in [-0.2, -0.15) is 18.2 Å². The summed E-state index contributed by atoms with van der Waals surface area (Å²) in [6, 6.07) is 22.7. The van der Waals surface area contributed by atoms with Crippen molar-refractivity contribution in [1.29, 1.82) is 0 Å². The van der Waals surface area contributed by atoms with Crippen LogP contribution in [0.5, 0.6) is 0 Å². The minimum absolute atomic E-state index is 0.204. The highest BCUT2D eigenvalue weighted by atomic mass is 19.4. The molecule has 156 valence electrons.